The zero-order valence-corrected chi connectivity index (χ0v) is 6.98. The molecule has 5 heteroatoms. The molecule has 0 aliphatic carbocycles. The van der Waals surface area contributed by atoms with Gasteiger partial charge in [-0.05, 0) is 12.1 Å². The minimum atomic E-state index is -0.793. The SMILES string of the molecule is O=c1[nH]c2cccc(O)c2c(O)c1O. The Morgan fingerprint density at radius 1 is 1.07 bits per heavy atom. The first-order chi connectivity index (χ1) is 6.61. The van der Waals surface area contributed by atoms with Crippen LogP contribution in [0.5, 0.6) is 17.2 Å². The van der Waals surface area contributed by atoms with Crippen molar-refractivity contribution >= 4 is 10.9 Å². The zero-order chi connectivity index (χ0) is 10.3. The molecular weight excluding hydrogens is 186 g/mol. The van der Waals surface area contributed by atoms with E-state index < -0.39 is 17.1 Å². The molecular formula is C9H7NO4. The van der Waals surface area contributed by atoms with Crippen molar-refractivity contribution in [3.05, 3.63) is 28.6 Å². The van der Waals surface area contributed by atoms with Gasteiger partial charge >= 0.3 is 0 Å². The Morgan fingerprint density at radius 3 is 2.50 bits per heavy atom. The Hall–Kier alpha value is -2.17. The van der Waals surface area contributed by atoms with E-state index in [-0.39, 0.29) is 16.7 Å². The molecule has 0 amide bonds. The lowest BCUT2D eigenvalue weighted by atomic mass is 10.2. The van der Waals surface area contributed by atoms with Crippen molar-refractivity contribution in [2.45, 2.75) is 0 Å². The van der Waals surface area contributed by atoms with Crippen LogP contribution in [0.4, 0.5) is 0 Å². The van der Waals surface area contributed by atoms with Crippen LogP contribution in [0.15, 0.2) is 23.0 Å². The highest BCUT2D eigenvalue weighted by Crippen LogP contribution is 2.34. The summed E-state index contributed by atoms with van der Waals surface area (Å²) in [5.41, 5.74) is -0.522. The van der Waals surface area contributed by atoms with E-state index in [0.29, 0.717) is 0 Å². The summed E-state index contributed by atoms with van der Waals surface area (Å²) in [6.45, 7) is 0. The second-order valence-corrected chi connectivity index (χ2v) is 2.85. The summed E-state index contributed by atoms with van der Waals surface area (Å²) in [7, 11) is 0. The summed E-state index contributed by atoms with van der Waals surface area (Å²) < 4.78 is 0. The van der Waals surface area contributed by atoms with Gasteiger partial charge in [0.1, 0.15) is 5.75 Å². The number of aromatic amines is 1. The monoisotopic (exact) mass is 193 g/mol. The van der Waals surface area contributed by atoms with Gasteiger partial charge in [-0.2, -0.15) is 0 Å². The molecule has 72 valence electrons. The molecule has 0 aliphatic heterocycles. The molecule has 2 aromatic rings. The molecule has 0 saturated heterocycles. The van der Waals surface area contributed by atoms with E-state index in [0.717, 1.165) is 0 Å². The largest absolute Gasteiger partial charge is 0.507 e. The van der Waals surface area contributed by atoms with Gasteiger partial charge < -0.3 is 20.3 Å². The normalized spacial score (nSPS) is 10.6. The van der Waals surface area contributed by atoms with Gasteiger partial charge in [0.15, 0.2) is 5.75 Å². The van der Waals surface area contributed by atoms with Gasteiger partial charge in [0.25, 0.3) is 5.56 Å². The minimum absolute atomic E-state index is 0.0320. The number of aromatic hydroxyl groups is 3. The quantitative estimate of drug-likeness (QED) is 0.494. The molecule has 0 atom stereocenters. The molecule has 5 nitrogen and oxygen atoms in total. The van der Waals surface area contributed by atoms with Crippen LogP contribution in [0.1, 0.15) is 0 Å². The fraction of sp³-hybridized carbons (Fsp3) is 0. The van der Waals surface area contributed by atoms with Crippen molar-refractivity contribution in [1.82, 2.24) is 4.98 Å². The van der Waals surface area contributed by atoms with Gasteiger partial charge in [0.2, 0.25) is 5.75 Å². The van der Waals surface area contributed by atoms with Gasteiger partial charge in [-0.25, -0.2) is 0 Å². The fourth-order valence-electron chi connectivity index (χ4n) is 1.30. The Morgan fingerprint density at radius 2 is 1.79 bits per heavy atom. The maximum atomic E-state index is 11.0. The number of phenols is 1. The summed E-state index contributed by atoms with van der Waals surface area (Å²) >= 11 is 0. The lowest BCUT2D eigenvalue weighted by Crippen LogP contribution is -2.04. The number of phenolic OH excluding ortho intramolecular Hbond substituents is 1. The third-order valence-corrected chi connectivity index (χ3v) is 1.97. The molecule has 14 heavy (non-hydrogen) atoms. The predicted octanol–water partition coefficient (Wildman–Crippen LogP) is 0.645. The number of fused-ring (bicyclic) bond motifs is 1. The number of rotatable bonds is 0. The van der Waals surface area contributed by atoms with E-state index in [1.807, 2.05) is 0 Å². The molecule has 1 aromatic heterocycles. The summed E-state index contributed by atoms with van der Waals surface area (Å²) in [4.78, 5) is 13.3. The first-order valence-corrected chi connectivity index (χ1v) is 3.87. The van der Waals surface area contributed by atoms with Gasteiger partial charge in [0.05, 0.1) is 10.9 Å². The maximum Gasteiger partial charge on any atom is 0.294 e. The number of hydrogen-bond donors (Lipinski definition) is 4. The molecule has 0 saturated carbocycles. The minimum Gasteiger partial charge on any atom is -0.507 e. The molecule has 0 radical (unpaired) electrons. The lowest BCUT2D eigenvalue weighted by molar-refractivity contribution is 0.400. The summed E-state index contributed by atoms with van der Waals surface area (Å²) in [5.74, 6) is -1.60. The highest BCUT2D eigenvalue weighted by Gasteiger charge is 2.12. The molecule has 2 rings (SSSR count). The van der Waals surface area contributed by atoms with E-state index in [1.165, 1.54) is 18.2 Å². The van der Waals surface area contributed by atoms with E-state index in [4.69, 9.17) is 5.11 Å². The lowest BCUT2D eigenvalue weighted by Gasteiger charge is -2.03. The third kappa shape index (κ3) is 0.990. The van der Waals surface area contributed by atoms with Crippen LogP contribution < -0.4 is 5.56 Å². The second-order valence-electron chi connectivity index (χ2n) is 2.85. The first kappa shape index (κ1) is 8.43. The molecule has 1 heterocycles. The number of aromatic nitrogens is 1. The molecule has 0 bridgehead atoms. The maximum absolute atomic E-state index is 11.0. The Bertz CT molecular complexity index is 558. The first-order valence-electron chi connectivity index (χ1n) is 3.87. The van der Waals surface area contributed by atoms with Gasteiger partial charge in [-0.15, -0.1) is 0 Å². The number of H-pyrrole nitrogens is 1. The standard InChI is InChI=1S/C9H7NO4/c11-5-3-1-2-4-6(5)7(12)8(13)9(14)10-4/h1-3,11,13H,(H2,10,12,14). The zero-order valence-electron chi connectivity index (χ0n) is 6.98. The number of hydrogen-bond acceptors (Lipinski definition) is 4. The Kier molecular flexibility index (Phi) is 1.60. The topological polar surface area (TPSA) is 93.6 Å². The van der Waals surface area contributed by atoms with Crippen molar-refractivity contribution in [1.29, 1.82) is 0 Å². The van der Waals surface area contributed by atoms with Gasteiger partial charge in [0, 0.05) is 0 Å². The van der Waals surface area contributed by atoms with Crippen molar-refractivity contribution in [3.8, 4) is 17.2 Å². The summed E-state index contributed by atoms with van der Waals surface area (Å²) in [6.07, 6.45) is 0. The molecule has 4 N–H and O–H groups in total. The Labute approximate surface area is 77.9 Å². The molecule has 1 aromatic carbocycles. The van der Waals surface area contributed by atoms with E-state index in [1.54, 1.807) is 0 Å². The van der Waals surface area contributed by atoms with Crippen LogP contribution in [0.3, 0.4) is 0 Å². The van der Waals surface area contributed by atoms with Gasteiger partial charge in [-0.1, -0.05) is 6.07 Å². The summed E-state index contributed by atoms with van der Waals surface area (Å²) in [6, 6.07) is 4.37. The third-order valence-electron chi connectivity index (χ3n) is 1.97. The van der Waals surface area contributed by atoms with E-state index >= 15 is 0 Å². The summed E-state index contributed by atoms with van der Waals surface area (Å²) in [5, 5.41) is 27.9. The molecule has 0 fully saturated rings. The average molecular weight is 193 g/mol. The predicted molar refractivity (Wildman–Crippen MR) is 49.6 cm³/mol. The Balaban J connectivity index is 3.07. The van der Waals surface area contributed by atoms with Crippen LogP contribution in [-0.2, 0) is 0 Å². The highest BCUT2D eigenvalue weighted by atomic mass is 16.3. The average Bonchev–Trinajstić information content (AvgIpc) is 2.14. The van der Waals surface area contributed by atoms with Crippen LogP contribution >= 0.6 is 0 Å². The van der Waals surface area contributed by atoms with Crippen molar-refractivity contribution < 1.29 is 15.3 Å². The highest BCUT2D eigenvalue weighted by molar-refractivity contribution is 5.92. The molecule has 0 spiro atoms. The van der Waals surface area contributed by atoms with Crippen molar-refractivity contribution in [2.75, 3.05) is 0 Å². The van der Waals surface area contributed by atoms with Gasteiger partial charge in [-0.3, -0.25) is 4.79 Å². The van der Waals surface area contributed by atoms with Crippen LogP contribution in [0.2, 0.25) is 0 Å². The number of pyridine rings is 1. The smallest absolute Gasteiger partial charge is 0.294 e. The van der Waals surface area contributed by atoms with Crippen LogP contribution in [-0.4, -0.2) is 20.3 Å². The van der Waals surface area contributed by atoms with Crippen molar-refractivity contribution in [2.24, 2.45) is 0 Å². The van der Waals surface area contributed by atoms with Crippen molar-refractivity contribution in [3.63, 3.8) is 0 Å². The number of nitrogens with one attached hydrogen (secondary N) is 1. The van der Waals surface area contributed by atoms with E-state index in [9.17, 15) is 15.0 Å². The fourth-order valence-corrected chi connectivity index (χ4v) is 1.30. The number of benzene rings is 1. The second kappa shape index (κ2) is 2.66. The van der Waals surface area contributed by atoms with E-state index in [2.05, 4.69) is 4.98 Å². The van der Waals surface area contributed by atoms with Crippen LogP contribution in [0, 0.1) is 0 Å². The molecule has 0 aliphatic rings. The van der Waals surface area contributed by atoms with Crippen LogP contribution in [0.25, 0.3) is 10.9 Å². The molecule has 0 unspecified atom stereocenters.